The highest BCUT2D eigenvalue weighted by Crippen LogP contribution is 2.39. The Morgan fingerprint density at radius 1 is 1.39 bits per heavy atom. The van der Waals surface area contributed by atoms with Gasteiger partial charge in [0, 0.05) is 11.6 Å². The van der Waals surface area contributed by atoms with E-state index < -0.39 is 11.7 Å². The lowest BCUT2D eigenvalue weighted by Gasteiger charge is -2.12. The normalized spacial score (nSPS) is 22.7. The minimum atomic E-state index is -4.39. The topological polar surface area (TPSA) is 29.1 Å². The quantitative estimate of drug-likeness (QED) is 0.861. The Morgan fingerprint density at radius 3 is 2.50 bits per heavy atom. The number of hydrogen-bond acceptors (Lipinski definition) is 1. The molecule has 5 heteroatoms. The van der Waals surface area contributed by atoms with Crippen LogP contribution in [0.1, 0.15) is 24.5 Å². The molecule has 0 aromatic heterocycles. The molecule has 0 saturated heterocycles. The van der Waals surface area contributed by atoms with Crippen molar-refractivity contribution in [2.24, 2.45) is 11.8 Å². The highest BCUT2D eigenvalue weighted by Gasteiger charge is 2.39. The van der Waals surface area contributed by atoms with Crippen molar-refractivity contribution in [1.29, 1.82) is 0 Å². The van der Waals surface area contributed by atoms with E-state index in [1.807, 2.05) is 6.92 Å². The zero-order valence-corrected chi connectivity index (χ0v) is 10.1. The molecule has 1 saturated carbocycles. The number of hydrogen-bond donors (Lipinski definition) is 1. The van der Waals surface area contributed by atoms with Gasteiger partial charge in [0.05, 0.1) is 5.56 Å². The third kappa shape index (κ3) is 2.66. The maximum Gasteiger partial charge on any atom is 0.416 e. The van der Waals surface area contributed by atoms with Crippen LogP contribution in [0.15, 0.2) is 18.2 Å². The van der Waals surface area contributed by atoms with Gasteiger partial charge in [-0.05, 0) is 37.0 Å². The van der Waals surface area contributed by atoms with Crippen molar-refractivity contribution in [3.63, 3.8) is 0 Å². The van der Waals surface area contributed by atoms with Crippen molar-refractivity contribution in [3.8, 4) is 0 Å². The molecule has 2 nitrogen and oxygen atoms in total. The van der Waals surface area contributed by atoms with Crippen LogP contribution in [0.3, 0.4) is 0 Å². The summed E-state index contributed by atoms with van der Waals surface area (Å²) in [5.74, 6) is 0.0812. The third-order valence-corrected chi connectivity index (χ3v) is 3.26. The molecule has 1 aliphatic rings. The highest BCUT2D eigenvalue weighted by atomic mass is 19.4. The van der Waals surface area contributed by atoms with Crippen LogP contribution >= 0.6 is 0 Å². The van der Waals surface area contributed by atoms with Crippen LogP contribution in [0, 0.1) is 18.8 Å². The summed E-state index contributed by atoms with van der Waals surface area (Å²) in [4.78, 5) is 11.6. The number of halogens is 3. The fraction of sp³-hybridized carbons (Fsp3) is 0.462. The number of alkyl halides is 3. The van der Waals surface area contributed by atoms with Gasteiger partial charge in [-0.3, -0.25) is 4.79 Å². The zero-order valence-electron chi connectivity index (χ0n) is 10.1. The summed E-state index contributed by atoms with van der Waals surface area (Å²) in [6.07, 6.45) is -3.58. The minimum Gasteiger partial charge on any atom is -0.326 e. The molecule has 2 rings (SSSR count). The summed E-state index contributed by atoms with van der Waals surface area (Å²) in [5.41, 5.74) is -0.346. The van der Waals surface area contributed by atoms with Gasteiger partial charge in [-0.1, -0.05) is 13.0 Å². The first-order chi connectivity index (χ1) is 8.29. The fourth-order valence-electron chi connectivity index (χ4n) is 1.93. The lowest BCUT2D eigenvalue weighted by atomic mass is 10.1. The molecule has 0 radical (unpaired) electrons. The van der Waals surface area contributed by atoms with Crippen LogP contribution in [0.25, 0.3) is 0 Å². The molecule has 0 aliphatic heterocycles. The van der Waals surface area contributed by atoms with E-state index in [1.165, 1.54) is 19.1 Å². The first kappa shape index (κ1) is 12.9. The molecule has 1 aliphatic carbocycles. The maximum absolute atomic E-state index is 12.7. The van der Waals surface area contributed by atoms with Crippen LogP contribution in [0.2, 0.25) is 0 Å². The zero-order chi connectivity index (χ0) is 13.5. The van der Waals surface area contributed by atoms with Gasteiger partial charge in [0.25, 0.3) is 0 Å². The van der Waals surface area contributed by atoms with Crippen LogP contribution in [-0.2, 0) is 11.0 Å². The number of benzene rings is 1. The van der Waals surface area contributed by atoms with Crippen LogP contribution < -0.4 is 5.32 Å². The molecule has 1 aromatic carbocycles. The molecular formula is C13H14F3NO. The van der Waals surface area contributed by atoms with Gasteiger partial charge in [0.15, 0.2) is 0 Å². The summed E-state index contributed by atoms with van der Waals surface area (Å²) < 4.78 is 38.1. The van der Waals surface area contributed by atoms with Crippen LogP contribution in [-0.4, -0.2) is 5.91 Å². The molecule has 1 N–H and O–H groups in total. The molecule has 1 fully saturated rings. The minimum absolute atomic E-state index is 0.0550. The monoisotopic (exact) mass is 257 g/mol. The molecule has 0 heterocycles. The second kappa shape index (κ2) is 4.30. The summed E-state index contributed by atoms with van der Waals surface area (Å²) in [7, 11) is 0. The summed E-state index contributed by atoms with van der Waals surface area (Å²) >= 11 is 0. The van der Waals surface area contributed by atoms with Gasteiger partial charge in [0.2, 0.25) is 5.91 Å². The molecule has 2 atom stereocenters. The molecule has 1 amide bonds. The van der Waals surface area contributed by atoms with E-state index in [0.717, 1.165) is 12.5 Å². The number of amides is 1. The largest absolute Gasteiger partial charge is 0.416 e. The highest BCUT2D eigenvalue weighted by molar-refractivity contribution is 5.94. The van der Waals surface area contributed by atoms with E-state index in [9.17, 15) is 18.0 Å². The standard InChI is InChI=1S/C13H14F3NO/c1-7-3-4-9(6-11(7)13(14,15)16)17-12(18)10-5-8(10)2/h3-4,6,8,10H,5H2,1-2H3,(H,17,18)/t8-,10-/m1/s1. The SMILES string of the molecule is Cc1ccc(NC(=O)[C@@H]2C[C@H]2C)cc1C(F)(F)F. The molecule has 0 bridgehead atoms. The number of nitrogens with one attached hydrogen (secondary N) is 1. The lowest BCUT2D eigenvalue weighted by molar-refractivity contribution is -0.138. The Kier molecular flexibility index (Phi) is 3.09. The van der Waals surface area contributed by atoms with Crippen molar-refractivity contribution in [2.75, 3.05) is 5.32 Å². The first-order valence-corrected chi connectivity index (χ1v) is 5.77. The van der Waals surface area contributed by atoms with E-state index in [1.54, 1.807) is 0 Å². The predicted octanol–water partition coefficient (Wildman–Crippen LogP) is 3.61. The second-order valence-electron chi connectivity index (χ2n) is 4.84. The van der Waals surface area contributed by atoms with Crippen LogP contribution in [0.4, 0.5) is 18.9 Å². The smallest absolute Gasteiger partial charge is 0.326 e. The summed E-state index contributed by atoms with van der Waals surface area (Å²) in [5, 5.41) is 2.54. The van der Waals surface area contributed by atoms with E-state index in [4.69, 9.17) is 0 Å². The summed E-state index contributed by atoms with van der Waals surface area (Å²) in [6.45, 7) is 3.35. The molecule has 0 unspecified atom stereocenters. The fourth-order valence-corrected chi connectivity index (χ4v) is 1.93. The average molecular weight is 257 g/mol. The molecule has 1 aromatic rings. The van der Waals surface area contributed by atoms with Crippen molar-refractivity contribution < 1.29 is 18.0 Å². The van der Waals surface area contributed by atoms with Gasteiger partial charge in [0.1, 0.15) is 0 Å². The number of aryl methyl sites for hydroxylation is 1. The van der Waals surface area contributed by atoms with Gasteiger partial charge in [-0.2, -0.15) is 13.2 Å². The van der Waals surface area contributed by atoms with Crippen LogP contribution in [0.5, 0.6) is 0 Å². The van der Waals surface area contributed by atoms with Crippen molar-refractivity contribution in [1.82, 2.24) is 0 Å². The second-order valence-corrected chi connectivity index (χ2v) is 4.84. The van der Waals surface area contributed by atoms with Gasteiger partial charge < -0.3 is 5.32 Å². The Hall–Kier alpha value is -1.52. The van der Waals surface area contributed by atoms with E-state index in [2.05, 4.69) is 5.32 Å². The average Bonchev–Trinajstić information content (AvgIpc) is 2.97. The van der Waals surface area contributed by atoms with Gasteiger partial charge in [-0.15, -0.1) is 0 Å². The van der Waals surface area contributed by atoms with E-state index in [-0.39, 0.29) is 23.1 Å². The van der Waals surface area contributed by atoms with Crippen molar-refractivity contribution in [3.05, 3.63) is 29.3 Å². The Morgan fingerprint density at radius 2 is 2.00 bits per heavy atom. The summed E-state index contributed by atoms with van der Waals surface area (Å²) in [6, 6.07) is 3.85. The number of carbonyl (C=O) groups is 1. The third-order valence-electron chi connectivity index (χ3n) is 3.26. The number of anilines is 1. The van der Waals surface area contributed by atoms with Gasteiger partial charge in [-0.25, -0.2) is 0 Å². The predicted molar refractivity (Wildman–Crippen MR) is 62.1 cm³/mol. The molecule has 18 heavy (non-hydrogen) atoms. The molecule has 98 valence electrons. The number of carbonyl (C=O) groups excluding carboxylic acids is 1. The molecule has 0 spiro atoms. The Labute approximate surface area is 103 Å². The number of rotatable bonds is 2. The van der Waals surface area contributed by atoms with Gasteiger partial charge >= 0.3 is 6.18 Å². The van der Waals surface area contributed by atoms with E-state index in [0.29, 0.717) is 5.92 Å². The first-order valence-electron chi connectivity index (χ1n) is 5.77. The Bertz CT molecular complexity index is 482. The maximum atomic E-state index is 12.7. The van der Waals surface area contributed by atoms with Crippen molar-refractivity contribution in [2.45, 2.75) is 26.4 Å². The van der Waals surface area contributed by atoms with Crippen molar-refractivity contribution >= 4 is 11.6 Å². The lowest BCUT2D eigenvalue weighted by Crippen LogP contribution is -2.15. The van der Waals surface area contributed by atoms with E-state index >= 15 is 0 Å². The molecular weight excluding hydrogens is 243 g/mol. The Balaban J connectivity index is 2.17.